The molecule has 6 nitrogen and oxygen atoms in total. The minimum absolute atomic E-state index is 0.0110. The second-order valence-electron chi connectivity index (χ2n) is 4.21. The summed E-state index contributed by atoms with van der Waals surface area (Å²) < 4.78 is 0. The summed E-state index contributed by atoms with van der Waals surface area (Å²) in [5.41, 5.74) is 1.16. The van der Waals surface area contributed by atoms with Crippen molar-refractivity contribution in [1.82, 2.24) is 15.1 Å². The zero-order valence-electron chi connectivity index (χ0n) is 9.83. The van der Waals surface area contributed by atoms with E-state index in [1.54, 1.807) is 24.2 Å². The topological polar surface area (TPSA) is 86.3 Å². The summed E-state index contributed by atoms with van der Waals surface area (Å²) in [5, 5.41) is 15.9. The molecule has 1 atom stereocenters. The molecular formula is C11H11N3O3S2. The van der Waals surface area contributed by atoms with Gasteiger partial charge in [0.2, 0.25) is 5.91 Å². The maximum absolute atomic E-state index is 11.5. The monoisotopic (exact) mass is 297 g/mol. The number of carboxylic acid groups (broad SMARTS) is 1. The highest BCUT2D eigenvalue weighted by molar-refractivity contribution is 8.05. The minimum atomic E-state index is -1.02. The quantitative estimate of drug-likeness (QED) is 0.813. The van der Waals surface area contributed by atoms with Crippen molar-refractivity contribution in [2.45, 2.75) is 17.5 Å². The van der Waals surface area contributed by atoms with E-state index in [1.807, 2.05) is 0 Å². The molecule has 3 rings (SSSR count). The van der Waals surface area contributed by atoms with Crippen molar-refractivity contribution < 1.29 is 14.7 Å². The number of aromatic nitrogens is 2. The molecule has 19 heavy (non-hydrogen) atoms. The van der Waals surface area contributed by atoms with Gasteiger partial charge in [0.25, 0.3) is 0 Å². The third-order valence-electron chi connectivity index (χ3n) is 2.99. The maximum Gasteiger partial charge on any atom is 0.353 e. The van der Waals surface area contributed by atoms with E-state index >= 15 is 0 Å². The number of β-lactam (4-membered cyclic amide) rings is 1. The molecule has 1 aromatic rings. The van der Waals surface area contributed by atoms with Crippen LogP contribution in [0.4, 0.5) is 0 Å². The number of aromatic amines is 1. The Hall–Kier alpha value is -1.41. The number of fused-ring (bicyclic) bond motifs is 1. The highest BCUT2D eigenvalue weighted by atomic mass is 32.2. The number of nitrogens with zero attached hydrogens (tertiary/aromatic N) is 2. The van der Waals surface area contributed by atoms with Crippen LogP contribution in [-0.2, 0) is 15.3 Å². The lowest BCUT2D eigenvalue weighted by molar-refractivity contribution is -0.146. The molecule has 8 heteroatoms. The number of hydrogen-bond donors (Lipinski definition) is 2. The average Bonchev–Trinajstić information content (AvgIpc) is 2.88. The minimum Gasteiger partial charge on any atom is -0.477 e. The Morgan fingerprint density at radius 3 is 3.16 bits per heavy atom. The molecule has 0 spiro atoms. The number of carbonyl (C=O) groups is 2. The van der Waals surface area contributed by atoms with E-state index in [0.717, 1.165) is 10.5 Å². The molecule has 0 aliphatic carbocycles. The van der Waals surface area contributed by atoms with Gasteiger partial charge >= 0.3 is 5.97 Å². The Bertz CT molecular complexity index is 556. The lowest BCUT2D eigenvalue weighted by Crippen LogP contribution is -2.53. The second kappa shape index (κ2) is 4.93. The molecule has 0 bridgehead atoms. The van der Waals surface area contributed by atoms with E-state index in [2.05, 4.69) is 10.2 Å². The summed E-state index contributed by atoms with van der Waals surface area (Å²) in [6.07, 6.45) is 3.93. The molecular weight excluding hydrogens is 286 g/mol. The standard InChI is InChI=1S/C11H11N3O3S2/c15-8-1-9-14(8)10(11(16)17)7(5-19-9)18-4-6-2-12-13-3-6/h2-3,9H,1,4-5H2,(H,12,13)(H,16,17). The van der Waals surface area contributed by atoms with Crippen molar-refractivity contribution in [2.75, 3.05) is 5.75 Å². The Morgan fingerprint density at radius 1 is 1.68 bits per heavy atom. The number of rotatable bonds is 4. The van der Waals surface area contributed by atoms with Gasteiger partial charge in [0.15, 0.2) is 0 Å². The first kappa shape index (κ1) is 12.6. The van der Waals surface area contributed by atoms with Crippen molar-refractivity contribution in [2.24, 2.45) is 0 Å². The molecule has 1 amide bonds. The third-order valence-corrected chi connectivity index (χ3v) is 5.55. The smallest absolute Gasteiger partial charge is 0.353 e. The van der Waals surface area contributed by atoms with Crippen LogP contribution in [0.2, 0.25) is 0 Å². The maximum atomic E-state index is 11.5. The molecule has 1 fully saturated rings. The van der Waals surface area contributed by atoms with Crippen molar-refractivity contribution in [3.8, 4) is 0 Å². The largest absolute Gasteiger partial charge is 0.477 e. The van der Waals surface area contributed by atoms with E-state index in [1.165, 1.54) is 16.7 Å². The van der Waals surface area contributed by atoms with Gasteiger partial charge in [-0.3, -0.25) is 14.8 Å². The van der Waals surface area contributed by atoms with Gasteiger partial charge in [-0.15, -0.1) is 23.5 Å². The highest BCUT2D eigenvalue weighted by Crippen LogP contribution is 2.43. The molecule has 2 N–H and O–H groups in total. The molecule has 2 aliphatic rings. The SMILES string of the molecule is O=C(O)C1=C(SCc2cn[nH]c2)CSC2CC(=O)N12. The summed E-state index contributed by atoms with van der Waals surface area (Å²) in [6, 6.07) is 0. The first-order valence-corrected chi connectivity index (χ1v) is 7.71. The summed E-state index contributed by atoms with van der Waals surface area (Å²) in [4.78, 5) is 25.1. The zero-order chi connectivity index (χ0) is 13.4. The van der Waals surface area contributed by atoms with Gasteiger partial charge in [0, 0.05) is 28.2 Å². The molecule has 0 radical (unpaired) electrons. The molecule has 3 heterocycles. The van der Waals surface area contributed by atoms with Crippen molar-refractivity contribution >= 4 is 35.4 Å². The number of thioether (sulfide) groups is 2. The molecule has 1 aromatic heterocycles. The number of hydrogen-bond acceptors (Lipinski definition) is 5. The van der Waals surface area contributed by atoms with Gasteiger partial charge in [0.1, 0.15) is 5.70 Å². The summed E-state index contributed by atoms with van der Waals surface area (Å²) in [5.74, 6) is 0.179. The van der Waals surface area contributed by atoms with Gasteiger partial charge in [-0.1, -0.05) is 0 Å². The van der Waals surface area contributed by atoms with E-state index in [0.29, 0.717) is 17.9 Å². The number of carbonyl (C=O) groups excluding carboxylic acids is 1. The van der Waals surface area contributed by atoms with E-state index < -0.39 is 5.97 Å². The van der Waals surface area contributed by atoms with Crippen LogP contribution in [0.3, 0.4) is 0 Å². The van der Waals surface area contributed by atoms with Gasteiger partial charge in [-0.2, -0.15) is 5.10 Å². The third kappa shape index (κ3) is 2.25. The van der Waals surface area contributed by atoms with E-state index in [-0.39, 0.29) is 17.0 Å². The van der Waals surface area contributed by atoms with E-state index in [9.17, 15) is 14.7 Å². The van der Waals surface area contributed by atoms with Crippen LogP contribution >= 0.6 is 23.5 Å². The fourth-order valence-corrected chi connectivity index (χ4v) is 4.49. The highest BCUT2D eigenvalue weighted by Gasteiger charge is 2.45. The van der Waals surface area contributed by atoms with Gasteiger partial charge in [-0.05, 0) is 0 Å². The fraction of sp³-hybridized carbons (Fsp3) is 0.364. The van der Waals surface area contributed by atoms with Crippen LogP contribution in [0.5, 0.6) is 0 Å². The van der Waals surface area contributed by atoms with Crippen LogP contribution in [-0.4, -0.2) is 43.2 Å². The second-order valence-corrected chi connectivity index (χ2v) is 6.44. The number of carboxylic acids is 1. The van der Waals surface area contributed by atoms with Gasteiger partial charge in [-0.25, -0.2) is 4.79 Å². The summed E-state index contributed by atoms with van der Waals surface area (Å²) in [7, 11) is 0. The first-order valence-electron chi connectivity index (χ1n) is 5.67. The summed E-state index contributed by atoms with van der Waals surface area (Å²) >= 11 is 3.08. The number of nitrogens with one attached hydrogen (secondary N) is 1. The normalized spacial score (nSPS) is 22.2. The number of H-pyrrole nitrogens is 1. The number of amides is 1. The first-order chi connectivity index (χ1) is 9.16. The lowest BCUT2D eigenvalue weighted by Gasteiger charge is -2.43. The molecule has 2 aliphatic heterocycles. The molecule has 1 saturated heterocycles. The predicted octanol–water partition coefficient (Wildman–Crippen LogP) is 1.24. The number of aliphatic carboxylic acids is 1. The Balaban J connectivity index is 1.81. The Labute approximate surface area is 117 Å². The van der Waals surface area contributed by atoms with Crippen molar-refractivity contribution in [3.63, 3.8) is 0 Å². The van der Waals surface area contributed by atoms with Crippen LogP contribution in [0.25, 0.3) is 0 Å². The molecule has 1 unspecified atom stereocenters. The molecule has 0 saturated carbocycles. The van der Waals surface area contributed by atoms with Crippen LogP contribution in [0, 0.1) is 0 Å². The van der Waals surface area contributed by atoms with Gasteiger partial charge in [0.05, 0.1) is 18.0 Å². The fourth-order valence-electron chi connectivity index (χ4n) is 2.02. The van der Waals surface area contributed by atoms with E-state index in [4.69, 9.17) is 0 Å². The van der Waals surface area contributed by atoms with Gasteiger partial charge < -0.3 is 5.11 Å². The molecule has 0 aromatic carbocycles. The Kier molecular flexibility index (Phi) is 3.28. The Morgan fingerprint density at radius 2 is 2.53 bits per heavy atom. The van der Waals surface area contributed by atoms with Crippen molar-refractivity contribution in [1.29, 1.82) is 0 Å². The lowest BCUT2D eigenvalue weighted by atomic mass is 10.1. The van der Waals surface area contributed by atoms with Crippen LogP contribution in [0.1, 0.15) is 12.0 Å². The molecule has 100 valence electrons. The predicted molar refractivity (Wildman–Crippen MR) is 72.3 cm³/mol. The van der Waals surface area contributed by atoms with Crippen LogP contribution in [0.15, 0.2) is 23.0 Å². The zero-order valence-corrected chi connectivity index (χ0v) is 11.5. The summed E-state index contributed by atoms with van der Waals surface area (Å²) in [6.45, 7) is 0. The average molecular weight is 297 g/mol. The van der Waals surface area contributed by atoms with Crippen LogP contribution < -0.4 is 0 Å². The van der Waals surface area contributed by atoms with Crippen molar-refractivity contribution in [3.05, 3.63) is 28.6 Å².